The van der Waals surface area contributed by atoms with E-state index >= 15 is 0 Å². The highest BCUT2D eigenvalue weighted by atomic mass is 16.5. The third-order valence-corrected chi connectivity index (χ3v) is 5.25. The van der Waals surface area contributed by atoms with Gasteiger partial charge in [-0.3, -0.25) is 4.79 Å². The molecule has 1 atom stereocenters. The second-order valence-electron chi connectivity index (χ2n) is 6.85. The van der Waals surface area contributed by atoms with Gasteiger partial charge in [-0.1, -0.05) is 0 Å². The Morgan fingerprint density at radius 2 is 1.86 bits per heavy atom. The number of hydrogen-bond acceptors (Lipinski definition) is 7. The number of carbonyl (C=O) groups excluding carboxylic acids is 1. The number of likely N-dealkylation sites (tertiary alicyclic amines) is 1. The lowest BCUT2D eigenvalue weighted by atomic mass is 9.94. The number of rotatable bonds is 5. The molecule has 4 rings (SSSR count). The van der Waals surface area contributed by atoms with Gasteiger partial charge in [-0.15, -0.1) is 0 Å². The van der Waals surface area contributed by atoms with Crippen molar-refractivity contribution in [2.45, 2.75) is 18.8 Å². The fourth-order valence-electron chi connectivity index (χ4n) is 3.86. The Labute approximate surface area is 168 Å². The Hall–Kier alpha value is -3.36. The zero-order valence-electron chi connectivity index (χ0n) is 16.7. The molecule has 3 aromatic rings. The molecule has 0 saturated carbocycles. The fourth-order valence-corrected chi connectivity index (χ4v) is 3.86. The molecule has 0 unspecified atom stereocenters. The minimum atomic E-state index is -0.0714. The summed E-state index contributed by atoms with van der Waals surface area (Å²) in [6, 6.07) is 5.32. The number of fused-ring (bicyclic) bond motifs is 1. The molecule has 9 heteroatoms. The van der Waals surface area contributed by atoms with Gasteiger partial charge in [0, 0.05) is 30.8 Å². The Morgan fingerprint density at radius 3 is 2.55 bits per heavy atom. The lowest BCUT2D eigenvalue weighted by molar-refractivity contribution is 0.0704. The minimum absolute atomic E-state index is 0.0714. The van der Waals surface area contributed by atoms with Crippen LogP contribution in [-0.2, 0) is 0 Å². The van der Waals surface area contributed by atoms with Gasteiger partial charge in [-0.05, 0) is 31.0 Å². The summed E-state index contributed by atoms with van der Waals surface area (Å²) in [7, 11) is 4.61. The van der Waals surface area contributed by atoms with Crippen LogP contribution in [0.1, 0.15) is 34.8 Å². The Bertz CT molecular complexity index is 1010. The quantitative estimate of drug-likeness (QED) is 0.652. The third kappa shape index (κ3) is 3.43. The maximum atomic E-state index is 13.3. The van der Waals surface area contributed by atoms with Crippen molar-refractivity contribution >= 4 is 11.7 Å². The molecular formula is C20H23N5O4. The van der Waals surface area contributed by atoms with Crippen molar-refractivity contribution in [3.63, 3.8) is 0 Å². The highest BCUT2D eigenvalue weighted by molar-refractivity contribution is 5.95. The molecule has 152 valence electrons. The van der Waals surface area contributed by atoms with Gasteiger partial charge in [-0.25, -0.2) is 9.50 Å². The first-order valence-electron chi connectivity index (χ1n) is 9.40. The Kier molecular flexibility index (Phi) is 5.20. The molecule has 0 bridgehead atoms. The summed E-state index contributed by atoms with van der Waals surface area (Å²) in [5.41, 5.74) is 1.51. The molecule has 0 aliphatic carbocycles. The van der Waals surface area contributed by atoms with Crippen LogP contribution in [0.2, 0.25) is 0 Å². The number of hydrogen-bond donors (Lipinski definition) is 0. The van der Waals surface area contributed by atoms with Crippen molar-refractivity contribution in [2.75, 3.05) is 34.4 Å². The Balaban J connectivity index is 1.62. The molecule has 1 aliphatic heterocycles. The largest absolute Gasteiger partial charge is 0.493 e. The van der Waals surface area contributed by atoms with Gasteiger partial charge < -0.3 is 19.1 Å². The van der Waals surface area contributed by atoms with Gasteiger partial charge in [0.15, 0.2) is 11.5 Å². The van der Waals surface area contributed by atoms with E-state index in [4.69, 9.17) is 14.2 Å². The molecule has 0 N–H and O–H groups in total. The molecule has 0 spiro atoms. The maximum absolute atomic E-state index is 13.3. The van der Waals surface area contributed by atoms with Crippen LogP contribution in [-0.4, -0.2) is 64.8 Å². The second-order valence-corrected chi connectivity index (χ2v) is 6.85. The average Bonchev–Trinajstić information content (AvgIpc) is 3.26. The van der Waals surface area contributed by atoms with Crippen LogP contribution >= 0.6 is 0 Å². The lowest BCUT2D eigenvalue weighted by Crippen LogP contribution is -2.39. The van der Waals surface area contributed by atoms with Crippen LogP contribution in [0.3, 0.4) is 0 Å². The first kappa shape index (κ1) is 19.0. The standard InChI is InChI=1S/C20H23N5O4/c1-27-16-9-14(10-17(28-2)18(16)29-3)19(26)24-8-4-5-13(11-24)15-6-7-21-20-22-12-23-25(15)20/h6-7,9-10,12-13H,4-5,8,11H2,1-3H3/t13-/m1/s1. The van der Waals surface area contributed by atoms with Crippen LogP contribution in [0.25, 0.3) is 5.78 Å². The van der Waals surface area contributed by atoms with Gasteiger partial charge in [0.25, 0.3) is 11.7 Å². The lowest BCUT2D eigenvalue weighted by Gasteiger charge is -2.33. The third-order valence-electron chi connectivity index (χ3n) is 5.25. The summed E-state index contributed by atoms with van der Waals surface area (Å²) in [6.45, 7) is 1.28. The SMILES string of the molecule is COc1cc(C(=O)N2CCC[C@@H](c3ccnc4ncnn34)C2)cc(OC)c1OC. The molecule has 3 heterocycles. The van der Waals surface area contributed by atoms with Crippen LogP contribution in [0.4, 0.5) is 0 Å². The van der Waals surface area contributed by atoms with Gasteiger partial charge >= 0.3 is 0 Å². The highest BCUT2D eigenvalue weighted by Gasteiger charge is 2.28. The summed E-state index contributed by atoms with van der Waals surface area (Å²) in [4.78, 5) is 23.5. The van der Waals surface area contributed by atoms with Gasteiger partial charge in [-0.2, -0.15) is 10.1 Å². The van der Waals surface area contributed by atoms with Crippen molar-refractivity contribution in [1.29, 1.82) is 0 Å². The van der Waals surface area contributed by atoms with Crippen LogP contribution in [0.5, 0.6) is 17.2 Å². The average molecular weight is 397 g/mol. The summed E-state index contributed by atoms with van der Waals surface area (Å²) in [6.07, 6.45) is 5.10. The van der Waals surface area contributed by atoms with E-state index in [1.165, 1.54) is 27.7 Å². The minimum Gasteiger partial charge on any atom is -0.493 e. The summed E-state index contributed by atoms with van der Waals surface area (Å²) in [5, 5.41) is 4.28. The number of aromatic nitrogens is 4. The van der Waals surface area contributed by atoms with Crippen molar-refractivity contribution in [2.24, 2.45) is 0 Å². The van der Waals surface area contributed by atoms with E-state index in [9.17, 15) is 4.79 Å². The molecule has 1 aromatic carbocycles. The van der Waals surface area contributed by atoms with Crippen molar-refractivity contribution < 1.29 is 19.0 Å². The van der Waals surface area contributed by atoms with Gasteiger partial charge in [0.05, 0.1) is 27.0 Å². The van der Waals surface area contributed by atoms with E-state index in [1.54, 1.807) is 22.8 Å². The van der Waals surface area contributed by atoms with Gasteiger partial charge in [0.2, 0.25) is 5.75 Å². The topological polar surface area (TPSA) is 91.1 Å². The zero-order valence-corrected chi connectivity index (χ0v) is 16.7. The van der Waals surface area contributed by atoms with E-state index < -0.39 is 0 Å². The Morgan fingerprint density at radius 1 is 1.10 bits per heavy atom. The number of piperidine rings is 1. The fraction of sp³-hybridized carbons (Fsp3) is 0.400. The van der Waals surface area contributed by atoms with E-state index in [0.717, 1.165) is 18.5 Å². The van der Waals surface area contributed by atoms with E-state index in [-0.39, 0.29) is 11.8 Å². The van der Waals surface area contributed by atoms with E-state index in [2.05, 4.69) is 15.1 Å². The van der Waals surface area contributed by atoms with Crippen molar-refractivity contribution in [3.05, 3.63) is 42.0 Å². The molecular weight excluding hydrogens is 374 g/mol. The van der Waals surface area contributed by atoms with Crippen LogP contribution in [0.15, 0.2) is 30.7 Å². The molecule has 0 radical (unpaired) electrons. The number of carbonyl (C=O) groups is 1. The van der Waals surface area contributed by atoms with E-state index in [0.29, 0.717) is 41.7 Å². The van der Waals surface area contributed by atoms with Crippen LogP contribution < -0.4 is 14.2 Å². The summed E-state index contributed by atoms with van der Waals surface area (Å²) in [5.74, 6) is 2.04. The predicted octanol–water partition coefficient (Wildman–Crippen LogP) is 2.17. The molecule has 29 heavy (non-hydrogen) atoms. The molecule has 1 amide bonds. The van der Waals surface area contributed by atoms with Gasteiger partial charge in [0.1, 0.15) is 6.33 Å². The van der Waals surface area contributed by atoms with Crippen molar-refractivity contribution in [1.82, 2.24) is 24.5 Å². The number of benzene rings is 1. The second kappa shape index (κ2) is 7.94. The molecule has 1 fully saturated rings. The smallest absolute Gasteiger partial charge is 0.254 e. The zero-order chi connectivity index (χ0) is 20.4. The maximum Gasteiger partial charge on any atom is 0.254 e. The molecule has 2 aromatic heterocycles. The summed E-state index contributed by atoms with van der Waals surface area (Å²) >= 11 is 0. The summed E-state index contributed by atoms with van der Waals surface area (Å²) < 4.78 is 17.9. The number of nitrogens with zero attached hydrogens (tertiary/aromatic N) is 5. The molecule has 9 nitrogen and oxygen atoms in total. The first-order valence-corrected chi connectivity index (χ1v) is 9.40. The molecule has 1 saturated heterocycles. The number of amides is 1. The number of methoxy groups -OCH3 is 3. The monoisotopic (exact) mass is 397 g/mol. The van der Waals surface area contributed by atoms with Crippen molar-refractivity contribution in [3.8, 4) is 17.2 Å². The first-order chi connectivity index (χ1) is 14.2. The predicted molar refractivity (Wildman–Crippen MR) is 105 cm³/mol. The highest BCUT2D eigenvalue weighted by Crippen LogP contribution is 2.39. The number of ether oxygens (including phenoxy) is 3. The molecule has 1 aliphatic rings. The van der Waals surface area contributed by atoms with Crippen LogP contribution in [0, 0.1) is 0 Å². The van der Waals surface area contributed by atoms with E-state index in [1.807, 2.05) is 11.0 Å². The normalized spacial score (nSPS) is 16.7.